The Morgan fingerprint density at radius 3 is 2.45 bits per heavy atom. The van der Waals surface area contributed by atoms with Crippen LogP contribution in [0.3, 0.4) is 0 Å². The van der Waals surface area contributed by atoms with E-state index < -0.39 is 9.84 Å². The zero-order chi connectivity index (χ0) is 14.8. The van der Waals surface area contributed by atoms with Crippen LogP contribution in [0.4, 0.5) is 4.39 Å². The van der Waals surface area contributed by atoms with Crippen LogP contribution >= 0.6 is 0 Å². The van der Waals surface area contributed by atoms with E-state index in [-0.39, 0.29) is 23.4 Å². The summed E-state index contributed by atoms with van der Waals surface area (Å²) in [7, 11) is -2.92. The second kappa shape index (κ2) is 6.22. The molecule has 0 amide bonds. The largest absolute Gasteiger partial charge is 0.310 e. The van der Waals surface area contributed by atoms with Crippen molar-refractivity contribution in [2.75, 3.05) is 11.5 Å². The van der Waals surface area contributed by atoms with E-state index in [0.29, 0.717) is 12.0 Å². The summed E-state index contributed by atoms with van der Waals surface area (Å²) in [6, 6.07) is 7.01. The van der Waals surface area contributed by atoms with Gasteiger partial charge in [0.05, 0.1) is 5.75 Å². The summed E-state index contributed by atoms with van der Waals surface area (Å²) in [5, 5.41) is 3.36. The lowest BCUT2D eigenvalue weighted by molar-refractivity contribution is 0.275. The molecule has 5 heteroatoms. The molecule has 1 aromatic carbocycles. The SMILES string of the molecule is CCS(=O)(=O)C[C@@H](C)NC1CC(c2ccc(F)cc2)C1. The van der Waals surface area contributed by atoms with Crippen LogP contribution in [-0.2, 0) is 9.84 Å². The summed E-state index contributed by atoms with van der Waals surface area (Å²) in [5.74, 6) is 0.646. The fraction of sp³-hybridized carbons (Fsp3) is 0.600. The third kappa shape index (κ3) is 4.03. The van der Waals surface area contributed by atoms with Gasteiger partial charge in [-0.05, 0) is 43.4 Å². The number of rotatable bonds is 6. The maximum Gasteiger partial charge on any atom is 0.151 e. The zero-order valence-corrected chi connectivity index (χ0v) is 12.8. The first-order valence-corrected chi connectivity index (χ1v) is 8.93. The smallest absolute Gasteiger partial charge is 0.151 e. The van der Waals surface area contributed by atoms with Crippen LogP contribution in [0.5, 0.6) is 0 Å². The van der Waals surface area contributed by atoms with Gasteiger partial charge in [0.2, 0.25) is 0 Å². The molecule has 0 saturated heterocycles. The Hall–Kier alpha value is -0.940. The molecule has 2 rings (SSSR count). The minimum absolute atomic E-state index is 0.0147. The lowest BCUT2D eigenvalue weighted by Crippen LogP contribution is -2.46. The van der Waals surface area contributed by atoms with Crippen LogP contribution in [0.15, 0.2) is 24.3 Å². The van der Waals surface area contributed by atoms with E-state index in [4.69, 9.17) is 0 Å². The molecular formula is C15H22FNO2S. The van der Waals surface area contributed by atoms with Crippen LogP contribution in [0.1, 0.15) is 38.2 Å². The first-order valence-electron chi connectivity index (χ1n) is 7.11. The topological polar surface area (TPSA) is 46.2 Å². The number of nitrogens with one attached hydrogen (secondary N) is 1. The van der Waals surface area contributed by atoms with Crippen molar-refractivity contribution in [2.45, 2.75) is 44.7 Å². The predicted molar refractivity (Wildman–Crippen MR) is 79.1 cm³/mol. The van der Waals surface area contributed by atoms with Gasteiger partial charge in [-0.2, -0.15) is 0 Å². The van der Waals surface area contributed by atoms with E-state index in [1.54, 1.807) is 6.92 Å². The highest BCUT2D eigenvalue weighted by atomic mass is 32.2. The van der Waals surface area contributed by atoms with Gasteiger partial charge in [0.1, 0.15) is 5.82 Å². The Morgan fingerprint density at radius 2 is 1.90 bits per heavy atom. The molecule has 3 nitrogen and oxygen atoms in total. The van der Waals surface area contributed by atoms with Gasteiger partial charge in [0.25, 0.3) is 0 Å². The summed E-state index contributed by atoms with van der Waals surface area (Å²) in [5.41, 5.74) is 1.17. The molecule has 20 heavy (non-hydrogen) atoms. The number of halogens is 1. The summed E-state index contributed by atoms with van der Waals surface area (Å²) < 4.78 is 35.9. The molecule has 1 aromatic rings. The molecule has 1 aliphatic carbocycles. The quantitative estimate of drug-likeness (QED) is 0.878. The fourth-order valence-corrected chi connectivity index (χ4v) is 3.80. The van der Waals surface area contributed by atoms with E-state index in [2.05, 4.69) is 5.32 Å². The number of hydrogen-bond acceptors (Lipinski definition) is 3. The van der Waals surface area contributed by atoms with E-state index in [1.807, 2.05) is 19.1 Å². The highest BCUT2D eigenvalue weighted by Crippen LogP contribution is 2.37. The van der Waals surface area contributed by atoms with Gasteiger partial charge in [-0.25, -0.2) is 12.8 Å². The molecule has 1 N–H and O–H groups in total. The lowest BCUT2D eigenvalue weighted by atomic mass is 9.75. The molecule has 0 bridgehead atoms. The molecule has 0 heterocycles. The van der Waals surface area contributed by atoms with Crippen molar-refractivity contribution in [1.29, 1.82) is 0 Å². The standard InChI is InChI=1S/C15H22FNO2S/c1-3-20(18,19)10-11(2)17-15-8-13(9-15)12-4-6-14(16)7-5-12/h4-7,11,13,15,17H,3,8-10H2,1-2H3/t11-,13?,15?/m1/s1. The van der Waals surface area contributed by atoms with Crippen molar-refractivity contribution in [3.8, 4) is 0 Å². The number of hydrogen-bond donors (Lipinski definition) is 1. The molecule has 0 radical (unpaired) electrons. The van der Waals surface area contributed by atoms with Gasteiger partial charge < -0.3 is 5.32 Å². The Morgan fingerprint density at radius 1 is 1.30 bits per heavy atom. The molecule has 0 spiro atoms. The van der Waals surface area contributed by atoms with Gasteiger partial charge in [-0.15, -0.1) is 0 Å². The Labute approximate surface area is 120 Å². The van der Waals surface area contributed by atoms with E-state index in [9.17, 15) is 12.8 Å². The summed E-state index contributed by atoms with van der Waals surface area (Å²) in [6.07, 6.45) is 1.98. The van der Waals surface area contributed by atoms with Gasteiger partial charge in [0, 0.05) is 17.8 Å². The number of benzene rings is 1. The van der Waals surface area contributed by atoms with Gasteiger partial charge >= 0.3 is 0 Å². The summed E-state index contributed by atoms with van der Waals surface area (Å²) in [4.78, 5) is 0. The maximum absolute atomic E-state index is 12.8. The number of sulfone groups is 1. The first-order chi connectivity index (χ1) is 9.39. The second-order valence-electron chi connectivity index (χ2n) is 5.68. The van der Waals surface area contributed by atoms with Gasteiger partial charge in [-0.3, -0.25) is 0 Å². The average Bonchev–Trinajstić information content (AvgIpc) is 2.34. The van der Waals surface area contributed by atoms with Crippen molar-refractivity contribution in [3.05, 3.63) is 35.6 Å². The van der Waals surface area contributed by atoms with Gasteiger partial charge in [-0.1, -0.05) is 19.1 Å². The predicted octanol–water partition coefficient (Wildman–Crippen LogP) is 2.48. The van der Waals surface area contributed by atoms with Crippen molar-refractivity contribution in [1.82, 2.24) is 5.32 Å². The van der Waals surface area contributed by atoms with Crippen molar-refractivity contribution in [2.24, 2.45) is 0 Å². The van der Waals surface area contributed by atoms with Crippen LogP contribution in [0.2, 0.25) is 0 Å². The molecular weight excluding hydrogens is 277 g/mol. The highest BCUT2D eigenvalue weighted by molar-refractivity contribution is 7.91. The average molecular weight is 299 g/mol. The van der Waals surface area contributed by atoms with E-state index in [0.717, 1.165) is 12.8 Å². The van der Waals surface area contributed by atoms with Crippen molar-refractivity contribution >= 4 is 9.84 Å². The van der Waals surface area contributed by atoms with E-state index in [1.165, 1.54) is 17.7 Å². The summed E-state index contributed by atoms with van der Waals surface area (Å²) in [6.45, 7) is 3.59. The third-order valence-corrected chi connectivity index (χ3v) is 5.83. The minimum atomic E-state index is -2.92. The molecule has 1 saturated carbocycles. The third-order valence-electron chi connectivity index (χ3n) is 3.94. The Bertz CT molecular complexity index is 535. The second-order valence-corrected chi connectivity index (χ2v) is 8.08. The van der Waals surface area contributed by atoms with Crippen LogP contribution in [-0.4, -0.2) is 32.0 Å². The van der Waals surface area contributed by atoms with Crippen LogP contribution in [0, 0.1) is 5.82 Å². The molecule has 0 aliphatic heterocycles. The van der Waals surface area contributed by atoms with E-state index >= 15 is 0 Å². The Kier molecular flexibility index (Phi) is 4.81. The molecule has 1 fully saturated rings. The highest BCUT2D eigenvalue weighted by Gasteiger charge is 2.31. The van der Waals surface area contributed by atoms with Crippen molar-refractivity contribution in [3.63, 3.8) is 0 Å². The normalized spacial score (nSPS) is 24.1. The Balaban J connectivity index is 1.78. The van der Waals surface area contributed by atoms with Crippen molar-refractivity contribution < 1.29 is 12.8 Å². The van der Waals surface area contributed by atoms with Gasteiger partial charge in [0.15, 0.2) is 9.84 Å². The summed E-state index contributed by atoms with van der Waals surface area (Å²) >= 11 is 0. The fourth-order valence-electron chi connectivity index (χ4n) is 2.71. The molecule has 0 unspecified atom stereocenters. The molecule has 112 valence electrons. The molecule has 0 aromatic heterocycles. The minimum Gasteiger partial charge on any atom is -0.310 e. The first kappa shape index (κ1) is 15.4. The monoisotopic (exact) mass is 299 g/mol. The molecule has 1 aliphatic rings. The van der Waals surface area contributed by atoms with Crippen LogP contribution in [0.25, 0.3) is 0 Å². The maximum atomic E-state index is 12.8. The zero-order valence-electron chi connectivity index (χ0n) is 12.0. The lowest BCUT2D eigenvalue weighted by Gasteiger charge is -2.38. The molecule has 1 atom stereocenters. The van der Waals surface area contributed by atoms with Crippen LogP contribution < -0.4 is 5.32 Å².